The minimum atomic E-state index is 0.00324. The van der Waals surface area contributed by atoms with Crippen LogP contribution in [-0.2, 0) is 11.2 Å². The zero-order chi connectivity index (χ0) is 19.5. The van der Waals surface area contributed by atoms with E-state index in [0.29, 0.717) is 11.4 Å². The largest absolute Gasteiger partial charge is 0.497 e. The fourth-order valence-electron chi connectivity index (χ4n) is 3.81. The van der Waals surface area contributed by atoms with Gasteiger partial charge >= 0.3 is 0 Å². The summed E-state index contributed by atoms with van der Waals surface area (Å²) in [6, 6.07) is 15.4. The zero-order valence-electron chi connectivity index (χ0n) is 15.7. The molecule has 1 atom stereocenters. The van der Waals surface area contributed by atoms with Gasteiger partial charge in [0, 0.05) is 17.1 Å². The Morgan fingerprint density at radius 2 is 2.11 bits per heavy atom. The van der Waals surface area contributed by atoms with Crippen LogP contribution in [0.5, 0.6) is 5.75 Å². The third-order valence-electron chi connectivity index (χ3n) is 5.22. The van der Waals surface area contributed by atoms with E-state index in [-0.39, 0.29) is 11.9 Å². The lowest BCUT2D eigenvalue weighted by Crippen LogP contribution is -2.32. The van der Waals surface area contributed by atoms with Gasteiger partial charge in [-0.2, -0.15) is 5.10 Å². The van der Waals surface area contributed by atoms with Gasteiger partial charge in [-0.15, -0.1) is 0 Å². The van der Waals surface area contributed by atoms with E-state index >= 15 is 0 Å². The second-order valence-corrected chi connectivity index (χ2v) is 7.41. The van der Waals surface area contributed by atoms with Crippen LogP contribution in [0.3, 0.4) is 0 Å². The smallest absolute Gasteiger partial charge is 0.227 e. The summed E-state index contributed by atoms with van der Waals surface area (Å²) >= 11 is 5.95. The van der Waals surface area contributed by atoms with E-state index in [1.165, 1.54) is 0 Å². The minimum absolute atomic E-state index is 0.00324. The van der Waals surface area contributed by atoms with Crippen molar-refractivity contribution in [3.8, 4) is 16.9 Å². The van der Waals surface area contributed by atoms with Crippen LogP contribution < -0.4 is 4.74 Å². The van der Waals surface area contributed by atoms with Crippen molar-refractivity contribution in [2.45, 2.75) is 25.3 Å². The molecule has 0 aliphatic carbocycles. The first-order valence-corrected chi connectivity index (χ1v) is 9.75. The molecular formula is C22H22ClN3O2. The summed E-state index contributed by atoms with van der Waals surface area (Å²) in [6.45, 7) is 0.758. The van der Waals surface area contributed by atoms with Crippen LogP contribution in [0.1, 0.15) is 30.1 Å². The normalized spacial score (nSPS) is 16.4. The molecule has 6 heteroatoms. The molecule has 5 nitrogen and oxygen atoms in total. The van der Waals surface area contributed by atoms with E-state index < -0.39 is 0 Å². The van der Waals surface area contributed by atoms with Gasteiger partial charge in [0.05, 0.1) is 31.5 Å². The molecule has 1 aliphatic rings. The average Bonchev–Trinajstić information content (AvgIpc) is 3.38. The number of carbonyl (C=O) groups excluding carboxylic acids is 1. The second kappa shape index (κ2) is 8.07. The van der Waals surface area contributed by atoms with E-state index in [2.05, 4.69) is 10.2 Å². The van der Waals surface area contributed by atoms with E-state index in [1.54, 1.807) is 7.11 Å². The molecule has 1 aliphatic heterocycles. The highest BCUT2D eigenvalue weighted by atomic mass is 35.5. The Labute approximate surface area is 169 Å². The summed E-state index contributed by atoms with van der Waals surface area (Å²) in [5.74, 6) is 0.919. The molecular weight excluding hydrogens is 374 g/mol. The maximum absolute atomic E-state index is 13.0. The number of ether oxygens (including phenoxy) is 1. The molecule has 28 heavy (non-hydrogen) atoms. The highest BCUT2D eigenvalue weighted by molar-refractivity contribution is 6.30. The highest BCUT2D eigenvalue weighted by Crippen LogP contribution is 2.37. The highest BCUT2D eigenvalue weighted by Gasteiger charge is 2.32. The first-order chi connectivity index (χ1) is 13.7. The number of H-pyrrole nitrogens is 1. The molecule has 0 spiro atoms. The average molecular weight is 396 g/mol. The number of carbonyl (C=O) groups is 1. The Morgan fingerprint density at radius 1 is 1.29 bits per heavy atom. The Balaban J connectivity index is 1.58. The third kappa shape index (κ3) is 3.76. The lowest BCUT2D eigenvalue weighted by atomic mass is 10.0. The quantitative estimate of drug-likeness (QED) is 0.684. The van der Waals surface area contributed by atoms with Gasteiger partial charge in [-0.25, -0.2) is 0 Å². The van der Waals surface area contributed by atoms with Gasteiger partial charge in [-0.1, -0.05) is 35.9 Å². The number of nitrogens with zero attached hydrogens (tertiary/aromatic N) is 2. The van der Waals surface area contributed by atoms with Crippen molar-refractivity contribution in [2.24, 2.45) is 0 Å². The van der Waals surface area contributed by atoms with Crippen LogP contribution in [0.15, 0.2) is 54.7 Å². The Hall–Kier alpha value is -2.79. The zero-order valence-corrected chi connectivity index (χ0v) is 16.4. The van der Waals surface area contributed by atoms with Gasteiger partial charge in [0.1, 0.15) is 5.75 Å². The molecule has 3 aromatic rings. The van der Waals surface area contributed by atoms with Crippen molar-refractivity contribution in [2.75, 3.05) is 13.7 Å². The van der Waals surface area contributed by atoms with Crippen molar-refractivity contribution in [3.63, 3.8) is 0 Å². The fraction of sp³-hybridized carbons (Fsp3) is 0.273. The number of hydrogen-bond donors (Lipinski definition) is 1. The standard InChI is InChI=1S/C22H22ClN3O2/c1-28-18-5-2-4-16(13-18)19-14-24-25-22(19)20-6-3-11-26(20)21(27)12-15-7-9-17(23)10-8-15/h2,4-5,7-10,13-14,20H,3,6,11-12H2,1H3,(H,24,25)/t20-/m0/s1. The number of amides is 1. The molecule has 2 aromatic carbocycles. The molecule has 144 valence electrons. The third-order valence-corrected chi connectivity index (χ3v) is 5.48. The van der Waals surface area contributed by atoms with Crippen molar-refractivity contribution in [3.05, 3.63) is 71.0 Å². The summed E-state index contributed by atoms with van der Waals surface area (Å²) in [6.07, 6.45) is 4.10. The van der Waals surface area contributed by atoms with E-state index in [0.717, 1.165) is 47.5 Å². The molecule has 1 fully saturated rings. The number of aromatic nitrogens is 2. The van der Waals surface area contributed by atoms with Crippen LogP contribution in [0.25, 0.3) is 11.1 Å². The number of hydrogen-bond acceptors (Lipinski definition) is 3. The van der Waals surface area contributed by atoms with Gasteiger partial charge in [0.15, 0.2) is 0 Å². The topological polar surface area (TPSA) is 58.2 Å². The van der Waals surface area contributed by atoms with Gasteiger partial charge in [0.2, 0.25) is 5.91 Å². The number of methoxy groups -OCH3 is 1. The molecule has 1 amide bonds. The van der Waals surface area contributed by atoms with Crippen molar-refractivity contribution < 1.29 is 9.53 Å². The number of likely N-dealkylation sites (tertiary alicyclic amines) is 1. The van der Waals surface area contributed by atoms with E-state index in [1.807, 2.05) is 59.6 Å². The molecule has 2 heterocycles. The minimum Gasteiger partial charge on any atom is -0.497 e. The van der Waals surface area contributed by atoms with Crippen LogP contribution in [0.4, 0.5) is 0 Å². The number of nitrogens with one attached hydrogen (secondary N) is 1. The molecule has 0 bridgehead atoms. The second-order valence-electron chi connectivity index (χ2n) is 6.98. The van der Waals surface area contributed by atoms with Crippen molar-refractivity contribution >= 4 is 17.5 Å². The summed E-state index contributed by atoms with van der Waals surface area (Å²) in [4.78, 5) is 15.0. The van der Waals surface area contributed by atoms with Crippen LogP contribution in [0, 0.1) is 0 Å². The molecule has 0 radical (unpaired) electrons. The summed E-state index contributed by atoms with van der Waals surface area (Å²) in [5.41, 5.74) is 3.99. The molecule has 1 saturated heterocycles. The van der Waals surface area contributed by atoms with Crippen molar-refractivity contribution in [1.29, 1.82) is 0 Å². The fourth-order valence-corrected chi connectivity index (χ4v) is 3.94. The van der Waals surface area contributed by atoms with Gasteiger partial charge in [0.25, 0.3) is 0 Å². The summed E-state index contributed by atoms with van der Waals surface area (Å²) in [7, 11) is 1.66. The van der Waals surface area contributed by atoms with Gasteiger partial charge < -0.3 is 9.64 Å². The van der Waals surface area contributed by atoms with Crippen LogP contribution in [0.2, 0.25) is 5.02 Å². The maximum atomic E-state index is 13.0. The Kier molecular flexibility index (Phi) is 5.35. The van der Waals surface area contributed by atoms with Crippen LogP contribution >= 0.6 is 11.6 Å². The predicted molar refractivity (Wildman–Crippen MR) is 109 cm³/mol. The first-order valence-electron chi connectivity index (χ1n) is 9.37. The lowest BCUT2D eigenvalue weighted by Gasteiger charge is -2.25. The van der Waals surface area contributed by atoms with E-state index in [9.17, 15) is 4.79 Å². The number of halogens is 1. The summed E-state index contributed by atoms with van der Waals surface area (Å²) < 4.78 is 5.35. The Bertz CT molecular complexity index is 968. The number of aromatic amines is 1. The van der Waals surface area contributed by atoms with Crippen LogP contribution in [-0.4, -0.2) is 34.7 Å². The summed E-state index contributed by atoms with van der Waals surface area (Å²) in [5, 5.41) is 8.08. The van der Waals surface area contributed by atoms with Gasteiger partial charge in [-0.05, 0) is 48.2 Å². The predicted octanol–water partition coefficient (Wildman–Crippen LogP) is 4.64. The molecule has 0 saturated carbocycles. The molecule has 4 rings (SSSR count). The monoisotopic (exact) mass is 395 g/mol. The number of rotatable bonds is 5. The SMILES string of the molecule is COc1cccc(-c2cn[nH]c2[C@@H]2CCCN2C(=O)Cc2ccc(Cl)cc2)c1. The maximum Gasteiger partial charge on any atom is 0.227 e. The van der Waals surface area contributed by atoms with E-state index in [4.69, 9.17) is 16.3 Å². The molecule has 1 aromatic heterocycles. The van der Waals surface area contributed by atoms with Gasteiger partial charge in [-0.3, -0.25) is 9.89 Å². The first kappa shape index (κ1) is 18.6. The lowest BCUT2D eigenvalue weighted by molar-refractivity contribution is -0.131. The molecule has 0 unspecified atom stereocenters. The molecule has 1 N–H and O–H groups in total. The Morgan fingerprint density at radius 3 is 2.89 bits per heavy atom. The number of benzene rings is 2. The van der Waals surface area contributed by atoms with Crippen molar-refractivity contribution in [1.82, 2.24) is 15.1 Å².